The largest absolute Gasteiger partial charge is 0.422 e. The van der Waals surface area contributed by atoms with Crippen molar-refractivity contribution in [3.05, 3.63) is 23.9 Å². The van der Waals surface area contributed by atoms with Gasteiger partial charge in [0, 0.05) is 6.07 Å². The van der Waals surface area contributed by atoms with Gasteiger partial charge in [-0.25, -0.2) is 0 Å². The zero-order valence-electron chi connectivity index (χ0n) is 10.4. The summed E-state index contributed by atoms with van der Waals surface area (Å²) < 4.78 is 38.9. The van der Waals surface area contributed by atoms with Gasteiger partial charge in [0.25, 0.3) is 0 Å². The molecule has 0 aromatic carbocycles. The van der Waals surface area contributed by atoms with Crippen LogP contribution in [-0.4, -0.2) is 13.5 Å². The maximum atomic E-state index is 12.5. The van der Waals surface area contributed by atoms with Crippen molar-refractivity contribution in [3.63, 3.8) is 0 Å². The number of thioether (sulfide) groups is 1. The lowest BCUT2D eigenvalue weighted by Crippen LogP contribution is -2.34. The Bertz CT molecular complexity index is 399. The number of rotatable bonds is 3. The minimum atomic E-state index is -4.26. The van der Waals surface area contributed by atoms with Crippen molar-refractivity contribution in [3.8, 4) is 0 Å². The Kier molecular flexibility index (Phi) is 4.30. The quantitative estimate of drug-likeness (QED) is 0.465. The summed E-state index contributed by atoms with van der Waals surface area (Å²) >= 11 is 1.63. The summed E-state index contributed by atoms with van der Waals surface area (Å²) in [6.45, 7) is 6.72. The van der Waals surface area contributed by atoms with Gasteiger partial charge in [-0.05, 0) is 11.4 Å². The second-order valence-electron chi connectivity index (χ2n) is 5.21. The fourth-order valence-corrected chi connectivity index (χ4v) is 3.95. The maximum Gasteiger partial charge on any atom is 0.422 e. The summed E-state index contributed by atoms with van der Waals surface area (Å²) in [5.74, 6) is 0. The molecule has 17 heavy (non-hydrogen) atoms. The summed E-state index contributed by atoms with van der Waals surface area (Å²) in [6, 6.07) is 2.69. The van der Waals surface area contributed by atoms with Crippen molar-refractivity contribution in [1.82, 2.24) is 0 Å². The van der Waals surface area contributed by atoms with Gasteiger partial charge in [0.15, 0.2) is 6.20 Å². The first-order valence-corrected chi connectivity index (χ1v) is 9.98. The topological polar surface area (TPSA) is 3.88 Å². The number of aryl methyl sites for hydroxylation is 1. The molecule has 6 heteroatoms. The lowest BCUT2D eigenvalue weighted by atomic mass is 10.3. The molecule has 0 fully saturated rings. The van der Waals surface area contributed by atoms with E-state index in [0.29, 0.717) is 0 Å². The molecule has 0 aliphatic rings. The number of pyridine rings is 1. The van der Waals surface area contributed by atoms with Crippen LogP contribution in [0.2, 0.25) is 19.6 Å². The molecule has 0 unspecified atom stereocenters. The SMILES string of the molecule is C[n+]1cc(C(F)(F)F)ccc1SC[Si](C)(C)C. The van der Waals surface area contributed by atoms with Crippen molar-refractivity contribution < 1.29 is 17.7 Å². The molecule has 0 spiro atoms. The number of hydrogen-bond acceptors (Lipinski definition) is 1. The van der Waals surface area contributed by atoms with Crippen LogP contribution in [0.25, 0.3) is 0 Å². The number of halogens is 3. The zero-order valence-corrected chi connectivity index (χ0v) is 12.2. The Morgan fingerprint density at radius 1 is 1.24 bits per heavy atom. The molecule has 0 bridgehead atoms. The van der Waals surface area contributed by atoms with Gasteiger partial charge >= 0.3 is 6.18 Å². The Hall–Kier alpha value is -0.493. The average molecular weight is 280 g/mol. The number of aromatic nitrogens is 1. The van der Waals surface area contributed by atoms with E-state index in [1.165, 1.54) is 0 Å². The van der Waals surface area contributed by atoms with Gasteiger partial charge in [-0.1, -0.05) is 31.4 Å². The van der Waals surface area contributed by atoms with Gasteiger partial charge in [0.2, 0.25) is 5.03 Å². The van der Waals surface area contributed by atoms with E-state index in [1.54, 1.807) is 29.4 Å². The second kappa shape index (κ2) is 5.02. The number of alkyl halides is 3. The first-order chi connectivity index (χ1) is 7.59. The molecule has 0 N–H and O–H groups in total. The van der Waals surface area contributed by atoms with E-state index in [4.69, 9.17) is 0 Å². The smallest absolute Gasteiger partial charge is 0.195 e. The highest BCUT2D eigenvalue weighted by molar-refractivity contribution is 8.00. The summed E-state index contributed by atoms with van der Waals surface area (Å²) in [4.78, 5) is 0. The highest BCUT2D eigenvalue weighted by Crippen LogP contribution is 2.29. The third-order valence-electron chi connectivity index (χ3n) is 2.07. The lowest BCUT2D eigenvalue weighted by Gasteiger charge is -2.13. The van der Waals surface area contributed by atoms with E-state index in [9.17, 15) is 13.2 Å². The predicted octanol–water partition coefficient (Wildman–Crippen LogP) is 3.50. The minimum absolute atomic E-state index is 0.600. The minimum Gasteiger partial charge on any atom is -0.195 e. The third kappa shape index (κ3) is 4.71. The van der Waals surface area contributed by atoms with Crippen LogP contribution in [-0.2, 0) is 13.2 Å². The molecule has 1 aromatic rings. The van der Waals surface area contributed by atoms with Crippen LogP contribution in [0, 0.1) is 0 Å². The average Bonchev–Trinajstić information content (AvgIpc) is 2.12. The molecule has 1 aromatic heterocycles. The Morgan fingerprint density at radius 2 is 1.82 bits per heavy atom. The molecule has 0 saturated heterocycles. The van der Waals surface area contributed by atoms with Gasteiger partial charge in [0.05, 0.1) is 8.07 Å². The standard InChI is InChI=1S/C11H17F3NSSi/c1-15-7-9(11(12,13)14)5-6-10(15)16-8-17(2,3)4/h5-7H,8H2,1-4H3/q+1. The molecule has 0 radical (unpaired) electrons. The second-order valence-corrected chi connectivity index (χ2v) is 12.2. The van der Waals surface area contributed by atoms with Gasteiger partial charge in [0.1, 0.15) is 12.6 Å². The lowest BCUT2D eigenvalue weighted by molar-refractivity contribution is -0.709. The Morgan fingerprint density at radius 3 is 2.24 bits per heavy atom. The molecule has 96 valence electrons. The van der Waals surface area contributed by atoms with E-state index >= 15 is 0 Å². The Balaban J connectivity index is 2.84. The summed E-state index contributed by atoms with van der Waals surface area (Å²) in [5.41, 5.74) is -0.600. The number of hydrogen-bond donors (Lipinski definition) is 0. The van der Waals surface area contributed by atoms with E-state index in [0.717, 1.165) is 22.7 Å². The fraction of sp³-hybridized carbons (Fsp3) is 0.545. The van der Waals surface area contributed by atoms with E-state index in [1.807, 2.05) is 0 Å². The normalized spacial score (nSPS) is 12.9. The molecule has 1 nitrogen and oxygen atoms in total. The van der Waals surface area contributed by atoms with Crippen LogP contribution < -0.4 is 4.57 Å². The molecule has 1 rings (SSSR count). The summed E-state index contributed by atoms with van der Waals surface area (Å²) in [6.07, 6.45) is -3.12. The van der Waals surface area contributed by atoms with Crippen molar-refractivity contribution in [2.45, 2.75) is 30.8 Å². The van der Waals surface area contributed by atoms with Crippen molar-refractivity contribution in [2.24, 2.45) is 7.05 Å². The highest BCUT2D eigenvalue weighted by atomic mass is 32.2. The van der Waals surface area contributed by atoms with Gasteiger partial charge in [-0.2, -0.15) is 17.7 Å². The first kappa shape index (κ1) is 14.6. The van der Waals surface area contributed by atoms with Crippen LogP contribution >= 0.6 is 11.8 Å². The van der Waals surface area contributed by atoms with Crippen LogP contribution in [0.15, 0.2) is 23.4 Å². The van der Waals surface area contributed by atoms with Crippen molar-refractivity contribution >= 4 is 19.8 Å². The van der Waals surface area contributed by atoms with Crippen LogP contribution in [0.3, 0.4) is 0 Å². The van der Waals surface area contributed by atoms with Crippen molar-refractivity contribution in [1.29, 1.82) is 0 Å². The molecule has 0 saturated carbocycles. The zero-order chi connectivity index (χ0) is 13.3. The molecular weight excluding hydrogens is 263 g/mol. The predicted molar refractivity (Wildman–Crippen MR) is 66.7 cm³/mol. The maximum absolute atomic E-state index is 12.5. The Labute approximate surface area is 105 Å². The van der Waals surface area contributed by atoms with E-state index in [-0.39, 0.29) is 0 Å². The van der Waals surface area contributed by atoms with Crippen LogP contribution in [0.1, 0.15) is 5.56 Å². The first-order valence-electron chi connectivity index (χ1n) is 5.29. The van der Waals surface area contributed by atoms with E-state index < -0.39 is 19.8 Å². The molecule has 1 heterocycles. The van der Waals surface area contributed by atoms with Crippen molar-refractivity contribution in [2.75, 3.05) is 5.38 Å². The van der Waals surface area contributed by atoms with Gasteiger partial charge < -0.3 is 0 Å². The highest BCUT2D eigenvalue weighted by Gasteiger charge is 2.33. The van der Waals surface area contributed by atoms with Crippen LogP contribution in [0.5, 0.6) is 0 Å². The molecule has 0 aliphatic heterocycles. The van der Waals surface area contributed by atoms with E-state index in [2.05, 4.69) is 19.6 Å². The molecule has 0 atom stereocenters. The molecule has 0 amide bonds. The molecule has 0 aliphatic carbocycles. The van der Waals surface area contributed by atoms with Gasteiger partial charge in [-0.3, -0.25) is 0 Å². The summed E-state index contributed by atoms with van der Waals surface area (Å²) in [7, 11) is 0.469. The van der Waals surface area contributed by atoms with Gasteiger partial charge in [-0.15, -0.1) is 0 Å². The fourth-order valence-electron chi connectivity index (χ4n) is 1.20. The molecular formula is C11H17F3NSSi+. The summed E-state index contributed by atoms with van der Waals surface area (Å²) in [5, 5.41) is 1.88. The van der Waals surface area contributed by atoms with Crippen LogP contribution in [0.4, 0.5) is 13.2 Å². The monoisotopic (exact) mass is 280 g/mol. The number of nitrogens with zero attached hydrogens (tertiary/aromatic N) is 1. The third-order valence-corrected chi connectivity index (χ3v) is 6.83.